The Labute approximate surface area is 92.1 Å². The Morgan fingerprint density at radius 2 is 1.94 bits per heavy atom. The van der Waals surface area contributed by atoms with Crippen LogP contribution >= 0.6 is 0 Å². The number of carboxylic acids is 1. The molecule has 0 radical (unpaired) electrons. The highest BCUT2D eigenvalue weighted by Gasteiger charge is 2.23. The second-order valence-electron chi connectivity index (χ2n) is 3.54. The van der Waals surface area contributed by atoms with E-state index in [9.17, 15) is 13.6 Å². The Hall–Kier alpha value is -1.65. The van der Waals surface area contributed by atoms with Crippen molar-refractivity contribution in [1.82, 2.24) is 0 Å². The predicted octanol–water partition coefficient (Wildman–Crippen LogP) is 2.68. The van der Waals surface area contributed by atoms with Gasteiger partial charge in [-0.25, -0.2) is 8.78 Å². The van der Waals surface area contributed by atoms with Crippen molar-refractivity contribution in [3.05, 3.63) is 29.8 Å². The van der Waals surface area contributed by atoms with Gasteiger partial charge in [0.05, 0.1) is 6.42 Å². The Morgan fingerprint density at radius 1 is 1.38 bits per heavy atom. The topological polar surface area (TPSA) is 49.3 Å². The van der Waals surface area contributed by atoms with Gasteiger partial charge in [-0.05, 0) is 12.1 Å². The number of halogens is 2. The van der Waals surface area contributed by atoms with Gasteiger partial charge in [0, 0.05) is 24.7 Å². The summed E-state index contributed by atoms with van der Waals surface area (Å²) in [6.07, 6.45) is -0.00825. The highest BCUT2D eigenvalue weighted by molar-refractivity contribution is 5.67. The molecule has 0 saturated carbocycles. The molecule has 0 heterocycles. The van der Waals surface area contributed by atoms with Gasteiger partial charge in [0.15, 0.2) is 0 Å². The van der Waals surface area contributed by atoms with Crippen LogP contribution in [0.15, 0.2) is 24.3 Å². The van der Waals surface area contributed by atoms with E-state index in [1.807, 2.05) is 0 Å². The first kappa shape index (κ1) is 12.4. The summed E-state index contributed by atoms with van der Waals surface area (Å²) in [5.41, 5.74) is 0.575. The SMILES string of the molecule is CC(F)(F)c1ccc(NCCC(=O)O)cc1. The molecule has 2 N–H and O–H groups in total. The molecule has 88 valence electrons. The summed E-state index contributed by atoms with van der Waals surface area (Å²) in [4.78, 5) is 10.2. The zero-order chi connectivity index (χ0) is 12.2. The second-order valence-corrected chi connectivity index (χ2v) is 3.54. The molecule has 0 fully saturated rings. The molecule has 1 rings (SSSR count). The molecule has 0 atom stereocenters. The number of benzene rings is 1. The first-order valence-electron chi connectivity index (χ1n) is 4.83. The van der Waals surface area contributed by atoms with E-state index in [1.54, 1.807) is 0 Å². The second kappa shape index (κ2) is 4.92. The summed E-state index contributed by atoms with van der Waals surface area (Å²) >= 11 is 0. The molecule has 0 bridgehead atoms. The summed E-state index contributed by atoms with van der Waals surface area (Å²) in [5, 5.41) is 11.2. The van der Waals surface area contributed by atoms with Gasteiger partial charge in [-0.1, -0.05) is 12.1 Å². The first-order chi connectivity index (χ1) is 7.39. The minimum absolute atomic E-state index is 0.00825. The van der Waals surface area contributed by atoms with Crippen LogP contribution < -0.4 is 5.32 Å². The van der Waals surface area contributed by atoms with Gasteiger partial charge in [-0.2, -0.15) is 0 Å². The molecule has 0 aliphatic rings. The standard InChI is InChI=1S/C11H13F2NO2/c1-11(12,13)8-2-4-9(5-3-8)14-7-6-10(15)16/h2-5,14H,6-7H2,1H3,(H,15,16). The van der Waals surface area contributed by atoms with E-state index in [4.69, 9.17) is 5.11 Å². The highest BCUT2D eigenvalue weighted by atomic mass is 19.3. The maximum absolute atomic E-state index is 12.8. The molecule has 3 nitrogen and oxygen atoms in total. The minimum atomic E-state index is -2.85. The molecule has 0 saturated heterocycles. The molecule has 5 heteroatoms. The van der Waals surface area contributed by atoms with Gasteiger partial charge < -0.3 is 10.4 Å². The van der Waals surface area contributed by atoms with Crippen LogP contribution in [-0.4, -0.2) is 17.6 Å². The smallest absolute Gasteiger partial charge is 0.305 e. The van der Waals surface area contributed by atoms with Crippen molar-refractivity contribution in [3.63, 3.8) is 0 Å². The molecule has 16 heavy (non-hydrogen) atoms. The Morgan fingerprint density at radius 3 is 2.38 bits per heavy atom. The molecule has 0 aliphatic heterocycles. The molecular weight excluding hydrogens is 216 g/mol. The Kier molecular flexibility index (Phi) is 3.82. The third-order valence-corrected chi connectivity index (χ3v) is 2.06. The van der Waals surface area contributed by atoms with Gasteiger partial charge in [0.25, 0.3) is 5.92 Å². The average Bonchev–Trinajstić information content (AvgIpc) is 2.16. The third-order valence-electron chi connectivity index (χ3n) is 2.06. The lowest BCUT2D eigenvalue weighted by Crippen LogP contribution is -2.09. The summed E-state index contributed by atoms with van der Waals surface area (Å²) in [6, 6.07) is 5.66. The van der Waals surface area contributed by atoms with E-state index in [-0.39, 0.29) is 18.5 Å². The molecular formula is C11H13F2NO2. The molecule has 0 spiro atoms. The minimum Gasteiger partial charge on any atom is -0.481 e. The van der Waals surface area contributed by atoms with E-state index in [0.717, 1.165) is 6.92 Å². The maximum atomic E-state index is 12.8. The number of carbonyl (C=O) groups is 1. The normalized spacial score (nSPS) is 11.2. The lowest BCUT2D eigenvalue weighted by atomic mass is 10.1. The summed E-state index contributed by atoms with van der Waals surface area (Å²) < 4.78 is 25.7. The molecule has 0 aromatic heterocycles. The monoisotopic (exact) mass is 229 g/mol. The van der Waals surface area contributed by atoms with Crippen LogP contribution in [0.4, 0.5) is 14.5 Å². The number of aliphatic carboxylic acids is 1. The predicted molar refractivity (Wildman–Crippen MR) is 56.8 cm³/mol. The van der Waals surface area contributed by atoms with Crippen LogP contribution in [0.25, 0.3) is 0 Å². The zero-order valence-corrected chi connectivity index (χ0v) is 8.84. The van der Waals surface area contributed by atoms with Crippen LogP contribution in [0.1, 0.15) is 18.9 Å². The van der Waals surface area contributed by atoms with E-state index in [1.165, 1.54) is 24.3 Å². The fourth-order valence-corrected chi connectivity index (χ4v) is 1.19. The van der Waals surface area contributed by atoms with E-state index >= 15 is 0 Å². The van der Waals surface area contributed by atoms with Crippen molar-refractivity contribution in [1.29, 1.82) is 0 Å². The Balaban J connectivity index is 2.55. The fraction of sp³-hybridized carbons (Fsp3) is 0.364. The van der Waals surface area contributed by atoms with Crippen molar-refractivity contribution in [2.24, 2.45) is 0 Å². The molecule has 0 aliphatic carbocycles. The van der Waals surface area contributed by atoms with Gasteiger partial charge in [-0.3, -0.25) is 4.79 Å². The highest BCUT2D eigenvalue weighted by Crippen LogP contribution is 2.27. The van der Waals surface area contributed by atoms with Crippen LogP contribution in [0.3, 0.4) is 0 Å². The number of hydrogen-bond donors (Lipinski definition) is 2. The summed E-state index contributed by atoms with van der Waals surface area (Å²) in [6.45, 7) is 1.11. The van der Waals surface area contributed by atoms with Gasteiger partial charge in [0.1, 0.15) is 0 Å². The lowest BCUT2D eigenvalue weighted by Gasteiger charge is -2.11. The van der Waals surface area contributed by atoms with E-state index in [0.29, 0.717) is 5.69 Å². The van der Waals surface area contributed by atoms with Crippen LogP contribution in [0.2, 0.25) is 0 Å². The number of alkyl halides is 2. The van der Waals surface area contributed by atoms with E-state index in [2.05, 4.69) is 5.32 Å². The summed E-state index contributed by atoms with van der Waals surface area (Å²) in [7, 11) is 0. The largest absolute Gasteiger partial charge is 0.481 e. The summed E-state index contributed by atoms with van der Waals surface area (Å²) in [5.74, 6) is -3.75. The number of rotatable bonds is 5. The third kappa shape index (κ3) is 3.84. The lowest BCUT2D eigenvalue weighted by molar-refractivity contribution is -0.136. The van der Waals surface area contributed by atoms with Crippen LogP contribution in [0, 0.1) is 0 Å². The number of hydrogen-bond acceptors (Lipinski definition) is 2. The van der Waals surface area contributed by atoms with Crippen molar-refractivity contribution in [2.75, 3.05) is 11.9 Å². The Bertz CT molecular complexity index is 357. The molecule has 0 unspecified atom stereocenters. The van der Waals surface area contributed by atoms with Gasteiger partial charge >= 0.3 is 5.97 Å². The number of carboxylic acid groups (broad SMARTS) is 1. The van der Waals surface area contributed by atoms with E-state index < -0.39 is 11.9 Å². The van der Waals surface area contributed by atoms with Crippen LogP contribution in [0.5, 0.6) is 0 Å². The van der Waals surface area contributed by atoms with Crippen molar-refractivity contribution in [2.45, 2.75) is 19.3 Å². The molecule has 0 amide bonds. The quantitative estimate of drug-likeness (QED) is 0.816. The van der Waals surface area contributed by atoms with Crippen molar-refractivity contribution >= 4 is 11.7 Å². The van der Waals surface area contributed by atoms with Gasteiger partial charge in [-0.15, -0.1) is 0 Å². The van der Waals surface area contributed by atoms with Crippen molar-refractivity contribution < 1.29 is 18.7 Å². The van der Waals surface area contributed by atoms with Crippen molar-refractivity contribution in [3.8, 4) is 0 Å². The first-order valence-corrected chi connectivity index (χ1v) is 4.83. The molecule has 1 aromatic rings. The fourth-order valence-electron chi connectivity index (χ4n) is 1.19. The average molecular weight is 229 g/mol. The zero-order valence-electron chi connectivity index (χ0n) is 8.84. The number of anilines is 1. The molecule has 1 aromatic carbocycles. The van der Waals surface area contributed by atoms with Gasteiger partial charge in [0.2, 0.25) is 0 Å². The maximum Gasteiger partial charge on any atom is 0.305 e. The number of nitrogens with one attached hydrogen (secondary N) is 1. The van der Waals surface area contributed by atoms with Crippen LogP contribution in [-0.2, 0) is 10.7 Å².